The highest BCUT2D eigenvalue weighted by Crippen LogP contribution is 2.47. The van der Waals surface area contributed by atoms with Gasteiger partial charge in [-0.05, 0) is 71.3 Å². The summed E-state index contributed by atoms with van der Waals surface area (Å²) in [4.78, 5) is 28.5. The number of carbonyl (C=O) groups excluding carboxylic acids is 1. The van der Waals surface area contributed by atoms with Crippen LogP contribution in [-0.4, -0.2) is 48.9 Å². The Morgan fingerprint density at radius 3 is 2.20 bits per heavy atom. The number of nitrogens with zero attached hydrogens (tertiary/aromatic N) is 1. The Morgan fingerprint density at radius 2 is 1.59 bits per heavy atom. The van der Waals surface area contributed by atoms with Crippen LogP contribution in [0.15, 0.2) is 54.6 Å². The van der Waals surface area contributed by atoms with Crippen LogP contribution >= 0.6 is 0 Å². The van der Waals surface area contributed by atoms with Crippen LogP contribution < -0.4 is 19.5 Å². The summed E-state index contributed by atoms with van der Waals surface area (Å²) < 4.78 is 16.4. The summed E-state index contributed by atoms with van der Waals surface area (Å²) >= 11 is 0. The minimum atomic E-state index is -0.909. The molecule has 8 nitrogen and oxygen atoms in total. The van der Waals surface area contributed by atoms with Crippen molar-refractivity contribution in [2.75, 3.05) is 32.3 Å². The SMILES string of the molecule is CCc1cc(CC)c(NC(=O)CN2C[C@@H](c3ccc4c(c3)OCO4)[C@H](C(=O)O)[C@H]2c2ccc(OC)cc2)c(CC)c1. The Balaban J connectivity index is 1.48. The number of carboxylic acids is 1. The molecule has 0 unspecified atom stereocenters. The van der Waals surface area contributed by atoms with Gasteiger partial charge in [-0.25, -0.2) is 0 Å². The van der Waals surface area contributed by atoms with Crippen molar-refractivity contribution in [1.82, 2.24) is 4.90 Å². The fourth-order valence-corrected chi connectivity index (χ4v) is 6.20. The van der Waals surface area contributed by atoms with Crippen molar-refractivity contribution >= 4 is 17.6 Å². The predicted octanol–water partition coefficient (Wildman–Crippen LogP) is 5.59. The summed E-state index contributed by atoms with van der Waals surface area (Å²) in [5.74, 6) is -0.265. The lowest BCUT2D eigenvalue weighted by Gasteiger charge is -2.27. The van der Waals surface area contributed by atoms with E-state index in [1.165, 1.54) is 5.56 Å². The molecule has 2 N–H and O–H groups in total. The molecule has 0 saturated carbocycles. The number of aryl methyl sites for hydroxylation is 3. The molecule has 0 radical (unpaired) electrons. The molecule has 5 rings (SSSR count). The Kier molecular flexibility index (Phi) is 8.49. The number of amides is 1. The number of fused-ring (bicyclic) bond motifs is 1. The van der Waals surface area contributed by atoms with Crippen LogP contribution in [0.2, 0.25) is 0 Å². The smallest absolute Gasteiger partial charge is 0.309 e. The van der Waals surface area contributed by atoms with Crippen molar-refractivity contribution in [3.8, 4) is 17.2 Å². The Morgan fingerprint density at radius 1 is 0.927 bits per heavy atom. The number of hydrogen-bond acceptors (Lipinski definition) is 6. The van der Waals surface area contributed by atoms with Gasteiger partial charge >= 0.3 is 5.97 Å². The van der Waals surface area contributed by atoms with Gasteiger partial charge in [0.2, 0.25) is 12.7 Å². The lowest BCUT2D eigenvalue weighted by Crippen LogP contribution is -2.35. The second-order valence-electron chi connectivity index (χ2n) is 10.6. The molecule has 2 aliphatic rings. The number of rotatable bonds is 10. The number of carbonyl (C=O) groups is 2. The summed E-state index contributed by atoms with van der Waals surface area (Å²) in [6.45, 7) is 6.93. The van der Waals surface area contributed by atoms with Gasteiger partial charge in [-0.2, -0.15) is 0 Å². The molecule has 0 aromatic heterocycles. The summed E-state index contributed by atoms with van der Waals surface area (Å²) in [6, 6.07) is 16.9. The van der Waals surface area contributed by atoms with Gasteiger partial charge in [0.05, 0.1) is 19.6 Å². The number of nitrogens with one attached hydrogen (secondary N) is 1. The van der Waals surface area contributed by atoms with Gasteiger partial charge in [-0.15, -0.1) is 0 Å². The molecule has 0 aliphatic carbocycles. The first-order valence-electron chi connectivity index (χ1n) is 14.3. The van der Waals surface area contributed by atoms with Crippen LogP contribution in [0.4, 0.5) is 5.69 Å². The fourth-order valence-electron chi connectivity index (χ4n) is 6.20. The molecule has 8 heteroatoms. The van der Waals surface area contributed by atoms with E-state index in [9.17, 15) is 14.7 Å². The number of benzene rings is 3. The lowest BCUT2D eigenvalue weighted by atomic mass is 9.82. The fraction of sp³-hybridized carbons (Fsp3) is 0.394. The number of methoxy groups -OCH3 is 1. The average Bonchev–Trinajstić information content (AvgIpc) is 3.61. The standard InChI is InChI=1S/C33H38N2O6/c1-5-20-14-21(6-2)31(22(7-3)15-20)34-29(36)18-35-17-26(24-10-13-27-28(16-24)41-19-40-27)30(33(37)38)32(35)23-8-11-25(39-4)12-9-23/h8-16,26,30,32H,5-7,17-19H2,1-4H3,(H,34,36)(H,37,38)/t26-,30-,32+/m0/s1. The Hall–Kier alpha value is -4.04. The zero-order valence-electron chi connectivity index (χ0n) is 24.1. The summed E-state index contributed by atoms with van der Waals surface area (Å²) in [6.07, 6.45) is 2.55. The minimum Gasteiger partial charge on any atom is -0.497 e. The molecule has 3 aromatic carbocycles. The van der Waals surface area contributed by atoms with Crippen LogP contribution in [0.25, 0.3) is 0 Å². The van der Waals surface area contributed by atoms with Gasteiger partial charge in [0.15, 0.2) is 11.5 Å². The van der Waals surface area contributed by atoms with Gasteiger partial charge < -0.3 is 24.6 Å². The van der Waals surface area contributed by atoms with E-state index in [0.717, 1.165) is 47.2 Å². The van der Waals surface area contributed by atoms with Crippen molar-refractivity contribution < 1.29 is 28.9 Å². The first kappa shape index (κ1) is 28.5. The van der Waals surface area contributed by atoms with E-state index in [1.54, 1.807) is 7.11 Å². The number of carboxylic acid groups (broad SMARTS) is 1. The normalized spacial score (nSPS) is 19.8. The number of likely N-dealkylation sites (tertiary alicyclic amines) is 1. The highest BCUT2D eigenvalue weighted by Gasteiger charge is 2.48. The molecule has 1 fully saturated rings. The van der Waals surface area contributed by atoms with Crippen LogP contribution in [0.3, 0.4) is 0 Å². The topological polar surface area (TPSA) is 97.3 Å². The first-order valence-corrected chi connectivity index (χ1v) is 14.3. The molecule has 1 amide bonds. The third-order valence-electron chi connectivity index (χ3n) is 8.31. The van der Waals surface area contributed by atoms with Crippen LogP contribution in [-0.2, 0) is 28.9 Å². The number of anilines is 1. The maximum Gasteiger partial charge on any atom is 0.309 e. The average molecular weight is 559 g/mol. The van der Waals surface area contributed by atoms with Gasteiger partial charge in [0, 0.05) is 24.2 Å². The van der Waals surface area contributed by atoms with E-state index in [0.29, 0.717) is 23.8 Å². The Labute approximate surface area is 241 Å². The van der Waals surface area contributed by atoms with E-state index in [4.69, 9.17) is 14.2 Å². The molecule has 41 heavy (non-hydrogen) atoms. The van der Waals surface area contributed by atoms with Crippen molar-refractivity contribution in [2.24, 2.45) is 5.92 Å². The molecule has 0 spiro atoms. The van der Waals surface area contributed by atoms with Crippen molar-refractivity contribution in [1.29, 1.82) is 0 Å². The minimum absolute atomic E-state index is 0.0589. The monoisotopic (exact) mass is 558 g/mol. The molecule has 0 bridgehead atoms. The van der Waals surface area contributed by atoms with E-state index >= 15 is 0 Å². The van der Waals surface area contributed by atoms with Gasteiger partial charge in [0.25, 0.3) is 0 Å². The number of aliphatic carboxylic acids is 1. The maximum atomic E-state index is 13.7. The highest BCUT2D eigenvalue weighted by atomic mass is 16.7. The second-order valence-corrected chi connectivity index (χ2v) is 10.6. The second kappa shape index (κ2) is 12.2. The lowest BCUT2D eigenvalue weighted by molar-refractivity contribution is -0.143. The third kappa shape index (κ3) is 5.75. The molecule has 3 aromatic rings. The summed E-state index contributed by atoms with van der Waals surface area (Å²) in [5.41, 5.74) is 6.03. The third-order valence-corrected chi connectivity index (χ3v) is 8.31. The van der Waals surface area contributed by atoms with E-state index < -0.39 is 17.9 Å². The van der Waals surface area contributed by atoms with Gasteiger partial charge in [-0.3, -0.25) is 14.5 Å². The van der Waals surface area contributed by atoms with Crippen LogP contribution in [0.1, 0.15) is 60.5 Å². The van der Waals surface area contributed by atoms with E-state index in [-0.39, 0.29) is 25.2 Å². The predicted molar refractivity (Wildman–Crippen MR) is 157 cm³/mol. The van der Waals surface area contributed by atoms with Crippen LogP contribution in [0, 0.1) is 5.92 Å². The zero-order chi connectivity index (χ0) is 29.1. The molecule has 2 heterocycles. The summed E-state index contributed by atoms with van der Waals surface area (Å²) in [5, 5.41) is 13.7. The Bertz CT molecular complexity index is 1390. The number of hydrogen-bond donors (Lipinski definition) is 2. The van der Waals surface area contributed by atoms with Crippen molar-refractivity contribution in [3.63, 3.8) is 0 Å². The van der Waals surface area contributed by atoms with Crippen molar-refractivity contribution in [2.45, 2.75) is 52.0 Å². The largest absolute Gasteiger partial charge is 0.497 e. The molecular formula is C33H38N2O6. The molecule has 1 saturated heterocycles. The zero-order valence-corrected chi connectivity index (χ0v) is 24.1. The molecule has 3 atom stereocenters. The van der Waals surface area contributed by atoms with E-state index in [2.05, 4.69) is 38.2 Å². The molecule has 216 valence electrons. The molecule has 2 aliphatic heterocycles. The van der Waals surface area contributed by atoms with Gasteiger partial charge in [-0.1, -0.05) is 51.1 Å². The van der Waals surface area contributed by atoms with Crippen molar-refractivity contribution in [3.05, 3.63) is 82.4 Å². The van der Waals surface area contributed by atoms with Gasteiger partial charge in [0.1, 0.15) is 5.75 Å². The van der Waals surface area contributed by atoms with E-state index in [1.807, 2.05) is 47.4 Å². The molecular weight excluding hydrogens is 520 g/mol. The number of ether oxygens (including phenoxy) is 3. The quantitative estimate of drug-likeness (QED) is 0.335. The summed E-state index contributed by atoms with van der Waals surface area (Å²) in [7, 11) is 1.60. The van der Waals surface area contributed by atoms with Crippen LogP contribution in [0.5, 0.6) is 17.2 Å². The highest BCUT2D eigenvalue weighted by molar-refractivity contribution is 5.94. The first-order chi connectivity index (χ1) is 19.9. The maximum absolute atomic E-state index is 13.7.